The van der Waals surface area contributed by atoms with Crippen molar-refractivity contribution in [2.75, 3.05) is 0 Å². The highest BCUT2D eigenvalue weighted by Gasteiger charge is 2.32. The molecular weight excluding hydrogens is 280 g/mol. The molecule has 0 heterocycles. The molecule has 1 aliphatic rings. The summed E-state index contributed by atoms with van der Waals surface area (Å²) in [6, 6.07) is 8.49. The van der Waals surface area contributed by atoms with Gasteiger partial charge in [-0.2, -0.15) is 0 Å². The van der Waals surface area contributed by atoms with E-state index in [2.05, 4.69) is 39.4 Å². The number of rotatable bonds is 4. The third-order valence-electron chi connectivity index (χ3n) is 3.40. The summed E-state index contributed by atoms with van der Waals surface area (Å²) in [5.41, 5.74) is 6.58. The van der Waals surface area contributed by atoms with Gasteiger partial charge in [0.25, 0.3) is 0 Å². The summed E-state index contributed by atoms with van der Waals surface area (Å²) in [4.78, 5) is 10.9. The predicted octanol–water partition coefficient (Wildman–Crippen LogP) is 2.16. The number of hydrogen-bond donors (Lipinski definition) is 2. The third-order valence-corrected chi connectivity index (χ3v) is 4.12. The van der Waals surface area contributed by atoms with Crippen molar-refractivity contribution in [1.29, 1.82) is 0 Å². The van der Waals surface area contributed by atoms with Crippen LogP contribution in [0, 0.1) is 0 Å². The Balaban J connectivity index is 1.87. The molecule has 1 amide bonds. The molecule has 3 nitrogen and oxygen atoms in total. The molecule has 2 rings (SSSR count). The lowest BCUT2D eigenvalue weighted by Gasteiger charge is -2.38. The molecule has 92 valence electrons. The molecule has 0 aromatic heterocycles. The van der Waals surface area contributed by atoms with E-state index in [1.54, 1.807) is 0 Å². The molecule has 1 fully saturated rings. The summed E-state index contributed by atoms with van der Waals surface area (Å²) >= 11 is 3.57. The van der Waals surface area contributed by atoms with E-state index in [1.165, 1.54) is 10.0 Å². The van der Waals surface area contributed by atoms with E-state index in [0.29, 0.717) is 12.0 Å². The number of nitrogens with two attached hydrogens (primary N) is 1. The molecule has 3 N–H and O–H groups in total. The van der Waals surface area contributed by atoms with Crippen LogP contribution in [-0.2, 0) is 4.79 Å². The van der Waals surface area contributed by atoms with Crippen LogP contribution in [0.5, 0.6) is 0 Å². The monoisotopic (exact) mass is 296 g/mol. The van der Waals surface area contributed by atoms with Crippen LogP contribution in [0.2, 0.25) is 0 Å². The van der Waals surface area contributed by atoms with Crippen LogP contribution in [0.3, 0.4) is 0 Å². The average molecular weight is 297 g/mol. The Bertz CT molecular complexity index is 416. The van der Waals surface area contributed by atoms with Crippen molar-refractivity contribution in [3.8, 4) is 0 Å². The molecular formula is C13H17BrN2O. The van der Waals surface area contributed by atoms with Gasteiger partial charge in [0.1, 0.15) is 0 Å². The molecule has 0 aliphatic heterocycles. The first-order chi connectivity index (χ1) is 8.08. The minimum Gasteiger partial charge on any atom is -0.368 e. The standard InChI is InChI=1S/C13H17BrN2O/c1-8(13(15)17)16-10-6-9(7-10)11-4-2-3-5-12(11)14/h2-5,8-10,16H,6-7H2,1H3,(H2,15,17). The second-order valence-electron chi connectivity index (χ2n) is 4.68. The highest BCUT2D eigenvalue weighted by molar-refractivity contribution is 9.10. The summed E-state index contributed by atoms with van der Waals surface area (Å²) in [5, 5.41) is 3.25. The summed E-state index contributed by atoms with van der Waals surface area (Å²) < 4.78 is 1.17. The van der Waals surface area contributed by atoms with Gasteiger partial charge in [0.05, 0.1) is 6.04 Å². The van der Waals surface area contributed by atoms with Crippen LogP contribution in [0.15, 0.2) is 28.7 Å². The van der Waals surface area contributed by atoms with Crippen LogP contribution < -0.4 is 11.1 Å². The molecule has 1 unspecified atom stereocenters. The second kappa shape index (κ2) is 5.19. The molecule has 1 aromatic carbocycles. The van der Waals surface area contributed by atoms with Crippen molar-refractivity contribution in [2.45, 2.75) is 37.8 Å². The molecule has 1 atom stereocenters. The number of hydrogen-bond acceptors (Lipinski definition) is 2. The quantitative estimate of drug-likeness (QED) is 0.895. The van der Waals surface area contributed by atoms with E-state index in [-0.39, 0.29) is 11.9 Å². The lowest BCUT2D eigenvalue weighted by molar-refractivity contribution is -0.120. The molecule has 1 saturated carbocycles. The summed E-state index contributed by atoms with van der Waals surface area (Å²) in [6.45, 7) is 1.81. The van der Waals surface area contributed by atoms with Crippen molar-refractivity contribution in [1.82, 2.24) is 5.32 Å². The van der Waals surface area contributed by atoms with E-state index in [4.69, 9.17) is 5.73 Å². The maximum Gasteiger partial charge on any atom is 0.234 e. The minimum absolute atomic E-state index is 0.236. The zero-order valence-electron chi connectivity index (χ0n) is 9.82. The number of benzene rings is 1. The molecule has 0 radical (unpaired) electrons. The topological polar surface area (TPSA) is 55.1 Å². The highest BCUT2D eigenvalue weighted by Crippen LogP contribution is 2.40. The van der Waals surface area contributed by atoms with Gasteiger partial charge in [0, 0.05) is 10.5 Å². The first-order valence-electron chi connectivity index (χ1n) is 5.87. The van der Waals surface area contributed by atoms with E-state index in [0.717, 1.165) is 12.8 Å². The van der Waals surface area contributed by atoms with Gasteiger partial charge in [-0.05, 0) is 37.3 Å². The van der Waals surface area contributed by atoms with E-state index >= 15 is 0 Å². The Kier molecular flexibility index (Phi) is 3.84. The number of nitrogens with one attached hydrogen (secondary N) is 1. The fraction of sp³-hybridized carbons (Fsp3) is 0.462. The van der Waals surface area contributed by atoms with Gasteiger partial charge in [-0.3, -0.25) is 4.79 Å². The Morgan fingerprint density at radius 2 is 2.12 bits per heavy atom. The number of primary amides is 1. The van der Waals surface area contributed by atoms with E-state index in [9.17, 15) is 4.79 Å². The highest BCUT2D eigenvalue weighted by atomic mass is 79.9. The van der Waals surface area contributed by atoms with Crippen LogP contribution in [0.4, 0.5) is 0 Å². The molecule has 0 bridgehead atoms. The van der Waals surface area contributed by atoms with Gasteiger partial charge >= 0.3 is 0 Å². The Morgan fingerprint density at radius 3 is 2.71 bits per heavy atom. The maximum absolute atomic E-state index is 10.9. The molecule has 17 heavy (non-hydrogen) atoms. The molecule has 1 aromatic rings. The number of halogens is 1. The van der Waals surface area contributed by atoms with Crippen molar-refractivity contribution < 1.29 is 4.79 Å². The molecule has 4 heteroatoms. The fourth-order valence-electron chi connectivity index (χ4n) is 2.25. The van der Waals surface area contributed by atoms with Gasteiger partial charge in [-0.15, -0.1) is 0 Å². The first kappa shape index (κ1) is 12.6. The zero-order chi connectivity index (χ0) is 12.4. The van der Waals surface area contributed by atoms with Gasteiger partial charge < -0.3 is 11.1 Å². The smallest absolute Gasteiger partial charge is 0.234 e. The summed E-state index contributed by atoms with van der Waals surface area (Å²) in [5.74, 6) is 0.303. The zero-order valence-corrected chi connectivity index (χ0v) is 11.4. The Morgan fingerprint density at radius 1 is 1.47 bits per heavy atom. The lowest BCUT2D eigenvalue weighted by Crippen LogP contribution is -2.49. The normalized spacial score (nSPS) is 25.1. The van der Waals surface area contributed by atoms with E-state index < -0.39 is 0 Å². The molecule has 1 aliphatic carbocycles. The van der Waals surface area contributed by atoms with Crippen LogP contribution in [-0.4, -0.2) is 18.0 Å². The molecule has 0 spiro atoms. The summed E-state index contributed by atoms with van der Waals surface area (Å²) in [7, 11) is 0. The Hall–Kier alpha value is -0.870. The lowest BCUT2D eigenvalue weighted by atomic mass is 9.75. The van der Waals surface area contributed by atoms with Crippen LogP contribution >= 0.6 is 15.9 Å². The Labute approximate surface area is 110 Å². The number of carbonyl (C=O) groups excluding carboxylic acids is 1. The SMILES string of the molecule is CC(NC1CC(c2ccccc2Br)C1)C(N)=O. The van der Waals surface area contributed by atoms with Gasteiger partial charge in [0.15, 0.2) is 0 Å². The fourth-order valence-corrected chi connectivity index (χ4v) is 2.86. The van der Waals surface area contributed by atoms with Crippen molar-refractivity contribution in [3.05, 3.63) is 34.3 Å². The number of amides is 1. The first-order valence-corrected chi connectivity index (χ1v) is 6.67. The van der Waals surface area contributed by atoms with Gasteiger partial charge in [-0.25, -0.2) is 0 Å². The van der Waals surface area contributed by atoms with Crippen molar-refractivity contribution >= 4 is 21.8 Å². The van der Waals surface area contributed by atoms with Gasteiger partial charge in [0.2, 0.25) is 5.91 Å². The van der Waals surface area contributed by atoms with Crippen molar-refractivity contribution in [3.63, 3.8) is 0 Å². The minimum atomic E-state index is -0.283. The van der Waals surface area contributed by atoms with Crippen LogP contribution in [0.1, 0.15) is 31.2 Å². The third kappa shape index (κ3) is 2.87. The van der Waals surface area contributed by atoms with Crippen LogP contribution in [0.25, 0.3) is 0 Å². The summed E-state index contributed by atoms with van der Waals surface area (Å²) in [6.07, 6.45) is 2.14. The molecule has 0 saturated heterocycles. The maximum atomic E-state index is 10.9. The predicted molar refractivity (Wildman–Crippen MR) is 71.7 cm³/mol. The second-order valence-corrected chi connectivity index (χ2v) is 5.53. The number of carbonyl (C=O) groups is 1. The largest absolute Gasteiger partial charge is 0.368 e. The van der Waals surface area contributed by atoms with Gasteiger partial charge in [-0.1, -0.05) is 34.1 Å². The average Bonchev–Trinajstić information content (AvgIpc) is 2.24. The van der Waals surface area contributed by atoms with E-state index in [1.807, 2.05) is 13.0 Å². The van der Waals surface area contributed by atoms with Crippen molar-refractivity contribution in [2.24, 2.45) is 5.73 Å².